The van der Waals surface area contributed by atoms with Gasteiger partial charge in [-0.1, -0.05) is 15.9 Å². The standard InChI is InChI=1S/C17H20BrN5O3.ClH/c18-11-2-4-13(16-20-22-23-21-16)15(7-11)26-12-3-1-9-8-19-14(17(24)25)6-10(9)5-12;/h2,4,7,9-10,12,14,19H,1,3,5-6,8H2,(H,24,25)(H,20,21,22,23);1H/t9-,10+,12-,14-;/m0./s1. The van der Waals surface area contributed by atoms with Crippen molar-refractivity contribution < 1.29 is 14.6 Å². The third-order valence-electron chi connectivity index (χ3n) is 5.38. The van der Waals surface area contributed by atoms with Crippen molar-refractivity contribution in [3.05, 3.63) is 22.7 Å². The second-order valence-corrected chi connectivity index (χ2v) is 7.90. The monoisotopic (exact) mass is 457 g/mol. The molecule has 8 nitrogen and oxygen atoms in total. The number of aromatic amines is 1. The average Bonchev–Trinajstić information content (AvgIpc) is 3.15. The Kier molecular flexibility index (Phi) is 6.33. The number of hydrogen-bond acceptors (Lipinski definition) is 6. The van der Waals surface area contributed by atoms with Crippen LogP contribution < -0.4 is 10.1 Å². The topological polar surface area (TPSA) is 113 Å². The molecule has 4 rings (SSSR count). The molecule has 2 fully saturated rings. The van der Waals surface area contributed by atoms with Gasteiger partial charge in [-0.05, 0) is 67.5 Å². The van der Waals surface area contributed by atoms with Crippen molar-refractivity contribution in [1.82, 2.24) is 25.9 Å². The van der Waals surface area contributed by atoms with Crippen molar-refractivity contribution in [2.75, 3.05) is 6.54 Å². The summed E-state index contributed by atoms with van der Waals surface area (Å²) in [5.41, 5.74) is 0.790. The number of tetrazole rings is 1. The van der Waals surface area contributed by atoms with Crippen molar-refractivity contribution in [2.24, 2.45) is 11.8 Å². The molecule has 146 valence electrons. The number of fused-ring (bicyclic) bond motifs is 1. The summed E-state index contributed by atoms with van der Waals surface area (Å²) in [6.45, 7) is 0.777. The van der Waals surface area contributed by atoms with Crippen LogP contribution in [0, 0.1) is 11.8 Å². The average molecular weight is 459 g/mol. The molecule has 1 aromatic heterocycles. The van der Waals surface area contributed by atoms with Gasteiger partial charge in [0.05, 0.1) is 11.7 Å². The van der Waals surface area contributed by atoms with E-state index in [1.54, 1.807) is 0 Å². The molecule has 0 spiro atoms. The Morgan fingerprint density at radius 2 is 2.11 bits per heavy atom. The summed E-state index contributed by atoms with van der Waals surface area (Å²) < 4.78 is 7.23. The van der Waals surface area contributed by atoms with E-state index in [-0.39, 0.29) is 18.5 Å². The van der Waals surface area contributed by atoms with Crippen molar-refractivity contribution in [2.45, 2.75) is 37.8 Å². The van der Waals surface area contributed by atoms with E-state index >= 15 is 0 Å². The minimum absolute atomic E-state index is 0. The van der Waals surface area contributed by atoms with E-state index in [1.165, 1.54) is 0 Å². The highest BCUT2D eigenvalue weighted by Crippen LogP contribution is 2.39. The van der Waals surface area contributed by atoms with Gasteiger partial charge in [-0.25, -0.2) is 0 Å². The van der Waals surface area contributed by atoms with Crippen LogP contribution in [0.4, 0.5) is 0 Å². The van der Waals surface area contributed by atoms with E-state index in [1.807, 2.05) is 18.2 Å². The molecular formula is C17H21BrClN5O3. The van der Waals surface area contributed by atoms with Crippen molar-refractivity contribution in [3.63, 3.8) is 0 Å². The highest BCUT2D eigenvalue weighted by atomic mass is 79.9. The number of aromatic nitrogens is 4. The first kappa shape index (κ1) is 20.0. The van der Waals surface area contributed by atoms with Gasteiger partial charge in [0.15, 0.2) is 0 Å². The zero-order chi connectivity index (χ0) is 18.1. The predicted octanol–water partition coefficient (Wildman–Crippen LogP) is 2.66. The van der Waals surface area contributed by atoms with Crippen LogP contribution in [0.25, 0.3) is 11.4 Å². The van der Waals surface area contributed by atoms with Crippen LogP contribution in [0.15, 0.2) is 22.7 Å². The molecule has 10 heteroatoms. The fourth-order valence-corrected chi connectivity index (χ4v) is 4.39. The summed E-state index contributed by atoms with van der Waals surface area (Å²) in [6, 6.07) is 5.29. The molecule has 0 unspecified atom stereocenters. The lowest BCUT2D eigenvalue weighted by Crippen LogP contribution is -2.50. The summed E-state index contributed by atoms with van der Waals surface area (Å²) in [7, 11) is 0. The highest BCUT2D eigenvalue weighted by molar-refractivity contribution is 9.10. The van der Waals surface area contributed by atoms with Crippen LogP contribution in [0.5, 0.6) is 5.75 Å². The van der Waals surface area contributed by atoms with Crippen LogP contribution in [0.3, 0.4) is 0 Å². The molecule has 0 radical (unpaired) electrons. The minimum Gasteiger partial charge on any atom is -0.490 e. The molecule has 1 aromatic carbocycles. The molecule has 3 N–H and O–H groups in total. The Morgan fingerprint density at radius 3 is 2.85 bits per heavy atom. The zero-order valence-corrected chi connectivity index (χ0v) is 16.9. The summed E-state index contributed by atoms with van der Waals surface area (Å²) in [5, 5.41) is 26.6. The third-order valence-corrected chi connectivity index (χ3v) is 5.87. The molecule has 1 saturated carbocycles. The normalized spacial score (nSPS) is 27.3. The van der Waals surface area contributed by atoms with Crippen molar-refractivity contribution in [1.29, 1.82) is 0 Å². The quantitative estimate of drug-likeness (QED) is 0.645. The van der Waals surface area contributed by atoms with Gasteiger partial charge in [0.2, 0.25) is 5.82 Å². The maximum Gasteiger partial charge on any atom is 0.320 e. The third kappa shape index (κ3) is 4.41. The number of halogens is 2. The van der Waals surface area contributed by atoms with Gasteiger partial charge in [-0.15, -0.1) is 22.6 Å². The Morgan fingerprint density at radius 1 is 1.26 bits per heavy atom. The molecule has 2 aromatic rings. The molecule has 0 bridgehead atoms. The Bertz CT molecular complexity index is 791. The summed E-state index contributed by atoms with van der Waals surface area (Å²) in [5.74, 6) is 1.35. The maximum absolute atomic E-state index is 11.3. The predicted molar refractivity (Wildman–Crippen MR) is 104 cm³/mol. The van der Waals surface area contributed by atoms with Crippen LogP contribution in [0.2, 0.25) is 0 Å². The lowest BCUT2D eigenvalue weighted by Gasteiger charge is -2.41. The first-order valence-electron chi connectivity index (χ1n) is 8.76. The summed E-state index contributed by atoms with van der Waals surface area (Å²) >= 11 is 3.49. The SMILES string of the molecule is Cl.O=C(O)[C@@H]1C[C@H]2C[C@@H](Oc3cc(Br)ccc3-c3nn[nH]n3)CC[C@H]2CN1. The van der Waals surface area contributed by atoms with E-state index in [4.69, 9.17) is 4.74 Å². The van der Waals surface area contributed by atoms with Gasteiger partial charge in [0.1, 0.15) is 11.8 Å². The van der Waals surface area contributed by atoms with E-state index in [0.29, 0.717) is 29.8 Å². The number of nitrogens with zero attached hydrogens (tertiary/aromatic N) is 3. The van der Waals surface area contributed by atoms with Gasteiger partial charge in [-0.2, -0.15) is 5.21 Å². The smallest absolute Gasteiger partial charge is 0.320 e. The van der Waals surface area contributed by atoms with E-state index < -0.39 is 12.0 Å². The number of rotatable bonds is 4. The number of piperidine rings is 1. The number of ether oxygens (including phenoxy) is 1. The Labute approximate surface area is 171 Å². The fourth-order valence-electron chi connectivity index (χ4n) is 4.05. The molecule has 1 saturated heterocycles. The van der Waals surface area contributed by atoms with Gasteiger partial charge >= 0.3 is 5.97 Å². The Hall–Kier alpha value is -1.71. The molecule has 2 aliphatic rings. The first-order valence-corrected chi connectivity index (χ1v) is 9.55. The molecule has 1 aliphatic carbocycles. The number of nitrogens with one attached hydrogen (secondary N) is 2. The van der Waals surface area contributed by atoms with Crippen LogP contribution in [-0.2, 0) is 4.79 Å². The number of hydrogen-bond donors (Lipinski definition) is 3. The number of carboxylic acids is 1. The zero-order valence-electron chi connectivity index (χ0n) is 14.5. The lowest BCUT2D eigenvalue weighted by molar-refractivity contribution is -0.141. The van der Waals surface area contributed by atoms with Gasteiger partial charge < -0.3 is 15.2 Å². The summed E-state index contributed by atoms with van der Waals surface area (Å²) in [6.07, 6.45) is 3.59. The number of benzene rings is 1. The minimum atomic E-state index is -0.766. The van der Waals surface area contributed by atoms with Gasteiger partial charge in [0, 0.05) is 4.47 Å². The van der Waals surface area contributed by atoms with E-state index in [0.717, 1.165) is 35.8 Å². The van der Waals surface area contributed by atoms with Crippen LogP contribution in [0.1, 0.15) is 25.7 Å². The van der Waals surface area contributed by atoms with E-state index in [9.17, 15) is 9.90 Å². The fraction of sp³-hybridized carbons (Fsp3) is 0.529. The number of carbonyl (C=O) groups is 1. The van der Waals surface area contributed by atoms with E-state index in [2.05, 4.69) is 41.9 Å². The van der Waals surface area contributed by atoms with Gasteiger partial charge in [-0.3, -0.25) is 4.79 Å². The summed E-state index contributed by atoms with van der Waals surface area (Å²) in [4.78, 5) is 11.3. The lowest BCUT2D eigenvalue weighted by atomic mass is 9.72. The molecular weight excluding hydrogens is 438 g/mol. The maximum atomic E-state index is 11.3. The largest absolute Gasteiger partial charge is 0.490 e. The van der Waals surface area contributed by atoms with Crippen LogP contribution in [-0.4, -0.2) is 50.4 Å². The van der Waals surface area contributed by atoms with Crippen LogP contribution >= 0.6 is 28.3 Å². The van der Waals surface area contributed by atoms with Crippen molar-refractivity contribution >= 4 is 34.3 Å². The first-order chi connectivity index (χ1) is 12.6. The number of carboxylic acid groups (broad SMARTS) is 1. The van der Waals surface area contributed by atoms with Gasteiger partial charge in [0.25, 0.3) is 0 Å². The highest BCUT2D eigenvalue weighted by Gasteiger charge is 2.38. The number of H-pyrrole nitrogens is 1. The Balaban J connectivity index is 0.00000210. The molecule has 2 heterocycles. The van der Waals surface area contributed by atoms with Crippen molar-refractivity contribution in [3.8, 4) is 17.1 Å². The second kappa shape index (κ2) is 8.53. The molecule has 0 amide bonds. The molecule has 4 atom stereocenters. The second-order valence-electron chi connectivity index (χ2n) is 6.98. The number of aliphatic carboxylic acids is 1. The molecule has 1 aliphatic heterocycles. The molecule has 27 heavy (non-hydrogen) atoms.